The van der Waals surface area contributed by atoms with E-state index < -0.39 is 114 Å². The van der Waals surface area contributed by atoms with Gasteiger partial charge in [0.2, 0.25) is 0 Å². The molecule has 0 rings (SSSR count). The summed E-state index contributed by atoms with van der Waals surface area (Å²) in [5.41, 5.74) is 0. The van der Waals surface area contributed by atoms with Crippen LogP contribution in [-0.2, 0) is 40.5 Å². The standard InChI is InChI=1S/C4H10O4.4C2H3F3O3S/c5-1-3(7)4(8)2-6;4*3-2(4,5)1-9(6,7)8/h3-8H,1-2H2;4*1H2,(H,6,7,8). The zero-order chi connectivity index (χ0) is 37.4. The van der Waals surface area contributed by atoms with Crippen LogP contribution in [-0.4, -0.2) is 145 Å². The summed E-state index contributed by atoms with van der Waals surface area (Å²) in [5.74, 6) is -8.72. The normalized spacial score (nSPS) is 14.5. The van der Waals surface area contributed by atoms with Crippen LogP contribution in [0.1, 0.15) is 0 Å². The zero-order valence-electron chi connectivity index (χ0n) is 20.4. The van der Waals surface area contributed by atoms with E-state index in [9.17, 15) is 86.4 Å². The van der Waals surface area contributed by atoms with Gasteiger partial charge >= 0.3 is 24.7 Å². The van der Waals surface area contributed by atoms with Crippen LogP contribution >= 0.6 is 0 Å². The second-order valence-corrected chi connectivity index (χ2v) is 12.7. The molecule has 0 saturated heterocycles. The smallest absolute Gasteiger partial charge is 0.394 e. The van der Waals surface area contributed by atoms with Gasteiger partial charge in [-0.1, -0.05) is 0 Å². The van der Waals surface area contributed by atoms with E-state index in [0.717, 1.165) is 0 Å². The van der Waals surface area contributed by atoms with Crippen molar-refractivity contribution < 1.29 is 125 Å². The largest absolute Gasteiger partial charge is 0.405 e. The lowest BCUT2D eigenvalue weighted by Gasteiger charge is -2.10. The first kappa shape index (κ1) is 52.2. The van der Waals surface area contributed by atoms with Gasteiger partial charge in [0.1, 0.15) is 12.2 Å². The van der Waals surface area contributed by atoms with Crippen LogP contribution in [0.5, 0.6) is 0 Å². The molecule has 0 aromatic carbocycles. The molecule has 0 bridgehead atoms. The van der Waals surface area contributed by atoms with Crippen LogP contribution < -0.4 is 0 Å². The molecular formula is C12H22F12O16S4. The predicted octanol–water partition coefficient (Wildman–Crippen LogP) is -0.561. The molecule has 0 amide bonds. The zero-order valence-corrected chi connectivity index (χ0v) is 23.7. The summed E-state index contributed by atoms with van der Waals surface area (Å²) in [5, 5.41) is 33.2. The summed E-state index contributed by atoms with van der Waals surface area (Å²) in [4.78, 5) is 0. The van der Waals surface area contributed by atoms with Crippen molar-refractivity contribution >= 4 is 40.5 Å². The van der Waals surface area contributed by atoms with Gasteiger partial charge in [0, 0.05) is 0 Å². The van der Waals surface area contributed by atoms with Gasteiger partial charge in [0.25, 0.3) is 40.5 Å². The van der Waals surface area contributed by atoms with Crippen molar-refractivity contribution in [3.63, 3.8) is 0 Å². The van der Waals surface area contributed by atoms with Crippen LogP contribution in [0.3, 0.4) is 0 Å². The molecule has 2 unspecified atom stereocenters. The average molecular weight is 779 g/mol. The highest BCUT2D eigenvalue weighted by Gasteiger charge is 2.35. The van der Waals surface area contributed by atoms with Gasteiger partial charge in [-0.2, -0.15) is 86.4 Å². The molecule has 0 radical (unpaired) electrons. The fourth-order valence-electron chi connectivity index (χ4n) is 1.07. The molecule has 0 saturated carbocycles. The van der Waals surface area contributed by atoms with Gasteiger partial charge < -0.3 is 20.4 Å². The monoisotopic (exact) mass is 778 g/mol. The molecule has 32 heteroatoms. The molecule has 274 valence electrons. The Balaban J connectivity index is -0.000000144. The van der Waals surface area contributed by atoms with Crippen molar-refractivity contribution in [1.82, 2.24) is 0 Å². The second kappa shape index (κ2) is 20.0. The third-order valence-electron chi connectivity index (χ3n) is 2.20. The van der Waals surface area contributed by atoms with Crippen molar-refractivity contribution in [2.24, 2.45) is 0 Å². The average Bonchev–Trinajstić information content (AvgIpc) is 2.56. The molecule has 16 nitrogen and oxygen atoms in total. The Kier molecular flexibility index (Phi) is 23.7. The first-order valence-electron chi connectivity index (χ1n) is 9.20. The van der Waals surface area contributed by atoms with E-state index in [4.69, 9.17) is 38.6 Å². The van der Waals surface area contributed by atoms with Gasteiger partial charge in [-0.25, -0.2) is 0 Å². The molecule has 0 aliphatic heterocycles. The first-order chi connectivity index (χ1) is 18.5. The van der Waals surface area contributed by atoms with Gasteiger partial charge in [-0.15, -0.1) is 0 Å². The SMILES string of the molecule is O=S(=O)(O)CC(F)(F)F.O=S(=O)(O)CC(F)(F)F.O=S(=O)(O)CC(F)(F)F.O=S(=O)(O)CC(F)(F)F.OCC(O)C(O)CO. The number of rotatable bonds is 7. The van der Waals surface area contributed by atoms with E-state index in [1.165, 1.54) is 0 Å². The first-order valence-corrected chi connectivity index (χ1v) is 15.6. The molecule has 0 heterocycles. The molecule has 2 atom stereocenters. The lowest BCUT2D eigenvalue weighted by molar-refractivity contribution is -0.108. The van der Waals surface area contributed by atoms with E-state index in [1.54, 1.807) is 0 Å². The van der Waals surface area contributed by atoms with Crippen molar-refractivity contribution in [2.75, 3.05) is 36.2 Å². The third-order valence-corrected chi connectivity index (χ3v) is 4.97. The maximum Gasteiger partial charge on any atom is 0.405 e. The minimum Gasteiger partial charge on any atom is -0.394 e. The maximum atomic E-state index is 11.0. The van der Waals surface area contributed by atoms with Gasteiger partial charge in [0.15, 0.2) is 23.0 Å². The highest BCUT2D eigenvalue weighted by atomic mass is 32.2. The minimum absolute atomic E-state index is 0.526. The van der Waals surface area contributed by atoms with Crippen LogP contribution in [0, 0.1) is 0 Å². The Morgan fingerprint density at radius 2 is 0.500 bits per heavy atom. The third kappa shape index (κ3) is 68.0. The molecule has 8 N–H and O–H groups in total. The van der Waals surface area contributed by atoms with Gasteiger partial charge in [-0.05, 0) is 0 Å². The Morgan fingerprint density at radius 1 is 0.386 bits per heavy atom. The quantitative estimate of drug-likeness (QED) is 0.119. The van der Waals surface area contributed by atoms with Crippen LogP contribution in [0.2, 0.25) is 0 Å². The van der Waals surface area contributed by atoms with Crippen molar-refractivity contribution in [3.05, 3.63) is 0 Å². The highest BCUT2D eigenvalue weighted by molar-refractivity contribution is 7.86. The van der Waals surface area contributed by atoms with Gasteiger partial charge in [0.05, 0.1) is 13.2 Å². The molecule has 0 spiro atoms. The van der Waals surface area contributed by atoms with Crippen molar-refractivity contribution in [1.29, 1.82) is 0 Å². The van der Waals surface area contributed by atoms with Crippen molar-refractivity contribution in [2.45, 2.75) is 36.9 Å². The second-order valence-electron chi connectivity index (χ2n) is 6.87. The van der Waals surface area contributed by atoms with Gasteiger partial charge in [-0.3, -0.25) is 18.2 Å². The molecule has 0 fully saturated rings. The molecule has 0 aromatic rings. The molecule has 44 heavy (non-hydrogen) atoms. The molecule has 0 aliphatic carbocycles. The van der Waals surface area contributed by atoms with E-state index in [2.05, 4.69) is 0 Å². The predicted molar refractivity (Wildman–Crippen MR) is 116 cm³/mol. The molecule has 0 aliphatic rings. The highest BCUT2D eigenvalue weighted by Crippen LogP contribution is 2.18. The number of halogens is 12. The van der Waals surface area contributed by atoms with E-state index in [1.807, 2.05) is 0 Å². The van der Waals surface area contributed by atoms with Crippen LogP contribution in [0.15, 0.2) is 0 Å². The number of aliphatic hydroxyl groups is 4. The summed E-state index contributed by atoms with van der Waals surface area (Å²) >= 11 is 0. The Labute approximate surface area is 238 Å². The van der Waals surface area contributed by atoms with E-state index in [0.29, 0.717) is 0 Å². The summed E-state index contributed by atoms with van der Waals surface area (Å²) in [6, 6.07) is 0. The summed E-state index contributed by atoms with van der Waals surface area (Å²) in [6.07, 6.45) is -21.9. The number of aliphatic hydroxyl groups excluding tert-OH is 4. The molecule has 0 aromatic heterocycles. The minimum atomic E-state index is -4.91. The summed E-state index contributed by atoms with van der Waals surface area (Å²) < 4.78 is 238. The van der Waals surface area contributed by atoms with E-state index >= 15 is 0 Å². The summed E-state index contributed by atoms with van der Waals surface area (Å²) in [6.45, 7) is -1.05. The number of hydrogen-bond acceptors (Lipinski definition) is 12. The molecular weight excluding hydrogens is 756 g/mol. The number of hydrogen-bond donors (Lipinski definition) is 8. The number of alkyl halides is 12. The van der Waals surface area contributed by atoms with Crippen molar-refractivity contribution in [3.8, 4) is 0 Å². The van der Waals surface area contributed by atoms with E-state index in [-0.39, 0.29) is 0 Å². The topological polar surface area (TPSA) is 298 Å². The maximum absolute atomic E-state index is 11.0. The lowest BCUT2D eigenvalue weighted by atomic mass is 10.2. The fourth-order valence-corrected chi connectivity index (χ4v) is 2.73. The lowest BCUT2D eigenvalue weighted by Crippen LogP contribution is -2.31. The fraction of sp³-hybridized carbons (Fsp3) is 1.00. The Hall–Kier alpha value is -1.36. The summed E-state index contributed by atoms with van der Waals surface area (Å²) in [7, 11) is -19.6. The Bertz CT molecular complexity index is 1020. The van der Waals surface area contributed by atoms with Crippen LogP contribution in [0.4, 0.5) is 52.7 Å². The Morgan fingerprint density at radius 3 is 0.523 bits per heavy atom. The van der Waals surface area contributed by atoms with Crippen LogP contribution in [0.25, 0.3) is 0 Å².